The molecule has 0 fully saturated rings. The third-order valence-electron chi connectivity index (χ3n) is 2.42. The topological polar surface area (TPSA) is 78.6 Å². The maximum atomic E-state index is 11.3. The van der Waals surface area contributed by atoms with Crippen molar-refractivity contribution in [2.45, 2.75) is 26.4 Å². The van der Waals surface area contributed by atoms with Gasteiger partial charge in [0, 0.05) is 11.6 Å². The normalized spacial score (nSPS) is 10.2. The molecule has 6 heteroatoms. The summed E-state index contributed by atoms with van der Waals surface area (Å²) >= 11 is 0. The summed E-state index contributed by atoms with van der Waals surface area (Å²) in [6.45, 7) is 5.92. The summed E-state index contributed by atoms with van der Waals surface area (Å²) in [7, 11) is 1.35. The summed E-state index contributed by atoms with van der Waals surface area (Å²) < 4.78 is 13.9. The molecular formula is C16H19NO5. The lowest BCUT2D eigenvalue weighted by molar-refractivity contribution is -0.138. The predicted molar refractivity (Wildman–Crippen MR) is 80.2 cm³/mol. The van der Waals surface area contributed by atoms with Crippen molar-refractivity contribution in [2.75, 3.05) is 7.11 Å². The van der Waals surface area contributed by atoms with Crippen molar-refractivity contribution in [1.29, 1.82) is 0 Å². The molecule has 2 rings (SSSR count). The fraction of sp³-hybridized carbons (Fsp3) is 0.312. The molecule has 6 nitrogen and oxygen atoms in total. The maximum absolute atomic E-state index is 11.3. The number of ether oxygens (including phenoxy) is 2. The first-order valence-corrected chi connectivity index (χ1v) is 6.58. The van der Waals surface area contributed by atoms with Crippen LogP contribution in [0.4, 0.5) is 0 Å². The number of aromatic nitrogens is 1. The van der Waals surface area contributed by atoms with E-state index in [1.165, 1.54) is 13.4 Å². The largest absolute Gasteiger partial charge is 0.465 e. The summed E-state index contributed by atoms with van der Waals surface area (Å²) in [5.41, 5.74) is 1.70. The Hall–Kier alpha value is -2.63. The highest BCUT2D eigenvalue weighted by Crippen LogP contribution is 2.18. The van der Waals surface area contributed by atoms with Gasteiger partial charge in [-0.25, -0.2) is 4.79 Å². The zero-order valence-corrected chi connectivity index (χ0v) is 13.0. The van der Waals surface area contributed by atoms with Gasteiger partial charge in [-0.05, 0) is 32.9 Å². The first-order valence-electron chi connectivity index (χ1n) is 6.58. The predicted octanol–water partition coefficient (Wildman–Crippen LogP) is 3.09. The average Bonchev–Trinajstić information content (AvgIpc) is 3.00. The van der Waals surface area contributed by atoms with Crippen molar-refractivity contribution in [2.24, 2.45) is 0 Å². The Balaban J connectivity index is 0.000000295. The van der Waals surface area contributed by atoms with Gasteiger partial charge in [0.2, 0.25) is 0 Å². The second kappa shape index (κ2) is 7.97. The molecule has 0 amide bonds. The van der Waals surface area contributed by atoms with Crippen LogP contribution >= 0.6 is 0 Å². The second-order valence-corrected chi connectivity index (χ2v) is 5.28. The van der Waals surface area contributed by atoms with Crippen LogP contribution in [0, 0.1) is 0 Å². The highest BCUT2D eigenvalue weighted by atomic mass is 16.5. The van der Waals surface area contributed by atoms with Crippen LogP contribution in [0.3, 0.4) is 0 Å². The standard InChI is InChI=1S/C11H9NO3.C5H10O2/c1-14-11(13)9-4-2-3-8(7-9)10-5-6-15-12-10;1-5(2,3)7-4-6/h2-7H,1H3;4H,1-3H3. The van der Waals surface area contributed by atoms with Crippen LogP contribution in [-0.2, 0) is 14.3 Å². The van der Waals surface area contributed by atoms with E-state index in [4.69, 9.17) is 4.52 Å². The lowest BCUT2D eigenvalue weighted by atomic mass is 10.1. The number of esters is 1. The Kier molecular flexibility index (Phi) is 6.31. The molecule has 0 atom stereocenters. The fourth-order valence-corrected chi connectivity index (χ4v) is 1.43. The number of carbonyl (C=O) groups excluding carboxylic acids is 2. The van der Waals surface area contributed by atoms with Gasteiger partial charge in [-0.3, -0.25) is 4.79 Å². The van der Waals surface area contributed by atoms with Gasteiger partial charge in [0.15, 0.2) is 0 Å². The van der Waals surface area contributed by atoms with Crippen molar-refractivity contribution in [1.82, 2.24) is 5.16 Å². The van der Waals surface area contributed by atoms with Crippen LogP contribution in [0.1, 0.15) is 31.1 Å². The molecule has 2 aromatic rings. The average molecular weight is 305 g/mol. The van der Waals surface area contributed by atoms with E-state index in [1.54, 1.807) is 24.3 Å². The zero-order chi connectivity index (χ0) is 16.6. The lowest BCUT2D eigenvalue weighted by Crippen LogP contribution is -2.17. The van der Waals surface area contributed by atoms with Crippen molar-refractivity contribution in [3.8, 4) is 11.3 Å². The molecule has 0 aliphatic rings. The number of rotatable bonds is 3. The van der Waals surface area contributed by atoms with Crippen molar-refractivity contribution in [3.05, 3.63) is 42.2 Å². The Morgan fingerprint density at radius 1 is 1.27 bits per heavy atom. The molecule has 1 heterocycles. The summed E-state index contributed by atoms with van der Waals surface area (Å²) in [5, 5.41) is 3.79. The highest BCUT2D eigenvalue weighted by Gasteiger charge is 2.08. The molecule has 22 heavy (non-hydrogen) atoms. The SMILES string of the molecule is CC(C)(C)OC=O.COC(=O)c1cccc(-c2ccon2)c1. The summed E-state index contributed by atoms with van der Waals surface area (Å²) in [5.74, 6) is -0.361. The van der Waals surface area contributed by atoms with Crippen molar-refractivity contribution >= 4 is 12.4 Å². The molecule has 0 saturated carbocycles. The first kappa shape index (κ1) is 17.4. The van der Waals surface area contributed by atoms with Crippen LogP contribution in [0.15, 0.2) is 41.1 Å². The summed E-state index contributed by atoms with van der Waals surface area (Å²) in [6, 6.07) is 8.76. The molecule has 0 aliphatic carbocycles. The molecule has 1 aromatic heterocycles. The van der Waals surface area contributed by atoms with E-state index >= 15 is 0 Å². The van der Waals surface area contributed by atoms with E-state index < -0.39 is 0 Å². The number of methoxy groups -OCH3 is 1. The zero-order valence-electron chi connectivity index (χ0n) is 13.0. The second-order valence-electron chi connectivity index (χ2n) is 5.28. The number of hydrogen-bond acceptors (Lipinski definition) is 6. The molecule has 0 N–H and O–H groups in total. The van der Waals surface area contributed by atoms with E-state index in [1.807, 2.05) is 26.8 Å². The Morgan fingerprint density at radius 2 is 2.00 bits per heavy atom. The van der Waals surface area contributed by atoms with Crippen LogP contribution in [0.5, 0.6) is 0 Å². The summed E-state index contributed by atoms with van der Waals surface area (Å²) in [6.07, 6.45) is 1.49. The Labute approximate surface area is 129 Å². The molecule has 0 aliphatic heterocycles. The molecular weight excluding hydrogens is 286 g/mol. The number of carbonyl (C=O) groups is 2. The van der Waals surface area contributed by atoms with Gasteiger partial charge in [0.05, 0.1) is 12.7 Å². The van der Waals surface area contributed by atoms with Crippen molar-refractivity contribution in [3.63, 3.8) is 0 Å². The van der Waals surface area contributed by atoms with E-state index in [-0.39, 0.29) is 11.6 Å². The van der Waals surface area contributed by atoms with Crippen LogP contribution in [-0.4, -0.2) is 30.3 Å². The van der Waals surface area contributed by atoms with Gasteiger partial charge in [0.25, 0.3) is 6.47 Å². The molecule has 118 valence electrons. The minimum absolute atomic E-state index is 0.318. The van der Waals surface area contributed by atoms with E-state index in [9.17, 15) is 9.59 Å². The van der Waals surface area contributed by atoms with E-state index in [0.29, 0.717) is 17.7 Å². The molecule has 0 bridgehead atoms. The minimum atomic E-state index is -0.361. The third-order valence-corrected chi connectivity index (χ3v) is 2.42. The van der Waals surface area contributed by atoms with Crippen molar-refractivity contribution < 1.29 is 23.6 Å². The van der Waals surface area contributed by atoms with Crippen LogP contribution in [0.2, 0.25) is 0 Å². The molecule has 0 saturated heterocycles. The monoisotopic (exact) mass is 305 g/mol. The van der Waals surface area contributed by atoms with Gasteiger partial charge in [-0.15, -0.1) is 0 Å². The smallest absolute Gasteiger partial charge is 0.337 e. The molecule has 0 radical (unpaired) electrons. The number of nitrogens with zero attached hydrogens (tertiary/aromatic N) is 1. The van der Waals surface area contributed by atoms with Gasteiger partial charge in [-0.2, -0.15) is 0 Å². The number of hydrogen-bond donors (Lipinski definition) is 0. The molecule has 1 aromatic carbocycles. The van der Waals surface area contributed by atoms with Gasteiger partial charge < -0.3 is 14.0 Å². The quantitative estimate of drug-likeness (QED) is 0.640. The number of benzene rings is 1. The van der Waals surface area contributed by atoms with Crippen LogP contribution < -0.4 is 0 Å². The molecule has 0 unspecified atom stereocenters. The third kappa shape index (κ3) is 5.78. The van der Waals surface area contributed by atoms with E-state index in [2.05, 4.69) is 14.6 Å². The van der Waals surface area contributed by atoms with Gasteiger partial charge in [-0.1, -0.05) is 17.3 Å². The summed E-state index contributed by atoms with van der Waals surface area (Å²) in [4.78, 5) is 20.9. The fourth-order valence-electron chi connectivity index (χ4n) is 1.43. The Morgan fingerprint density at radius 3 is 2.45 bits per heavy atom. The minimum Gasteiger partial charge on any atom is -0.465 e. The van der Waals surface area contributed by atoms with Crippen LogP contribution in [0.25, 0.3) is 11.3 Å². The van der Waals surface area contributed by atoms with Gasteiger partial charge >= 0.3 is 5.97 Å². The van der Waals surface area contributed by atoms with Gasteiger partial charge in [0.1, 0.15) is 17.6 Å². The Bertz CT molecular complexity index is 599. The first-order chi connectivity index (χ1) is 10.4. The van der Waals surface area contributed by atoms with E-state index in [0.717, 1.165) is 5.56 Å². The lowest BCUT2D eigenvalue weighted by Gasteiger charge is -2.14. The molecule has 0 spiro atoms. The highest BCUT2D eigenvalue weighted by molar-refractivity contribution is 5.90. The maximum Gasteiger partial charge on any atom is 0.337 e.